The Morgan fingerprint density at radius 1 is 1.18 bits per heavy atom. The Bertz CT molecular complexity index is 1370. The second-order valence-corrected chi connectivity index (χ2v) is 8.61. The first-order valence-electron chi connectivity index (χ1n) is 10.3. The molecule has 33 heavy (non-hydrogen) atoms. The van der Waals surface area contributed by atoms with Crippen LogP contribution < -0.4 is 10.1 Å². The summed E-state index contributed by atoms with van der Waals surface area (Å²) < 4.78 is 5.88. The summed E-state index contributed by atoms with van der Waals surface area (Å²) in [6, 6.07) is 19.2. The van der Waals surface area contributed by atoms with Crippen molar-refractivity contribution in [1.82, 2.24) is 20.3 Å². The van der Waals surface area contributed by atoms with E-state index < -0.39 is 5.54 Å². The molecule has 0 saturated carbocycles. The maximum Gasteiger partial charge on any atom is 0.301 e. The van der Waals surface area contributed by atoms with Crippen LogP contribution in [-0.2, 0) is 16.8 Å². The van der Waals surface area contributed by atoms with Crippen LogP contribution in [0.15, 0.2) is 54.6 Å². The van der Waals surface area contributed by atoms with Gasteiger partial charge in [0.2, 0.25) is 5.91 Å². The van der Waals surface area contributed by atoms with Crippen molar-refractivity contribution in [3.05, 3.63) is 70.7 Å². The number of nitrogens with one attached hydrogen (secondary N) is 2. The smallest absolute Gasteiger partial charge is 0.301 e. The lowest BCUT2D eigenvalue weighted by Gasteiger charge is -2.26. The number of rotatable bonds is 6. The summed E-state index contributed by atoms with van der Waals surface area (Å²) in [5.41, 5.74) is 3.87. The fourth-order valence-electron chi connectivity index (χ4n) is 3.63. The second kappa shape index (κ2) is 8.93. The fraction of sp³-hybridized carbons (Fsp3) is 0.200. The molecule has 0 spiro atoms. The Labute approximate surface area is 196 Å². The molecule has 1 amide bonds. The zero-order valence-corrected chi connectivity index (χ0v) is 19.2. The van der Waals surface area contributed by atoms with Gasteiger partial charge in [-0.1, -0.05) is 41.9 Å². The molecule has 7 nitrogen and oxygen atoms in total. The van der Waals surface area contributed by atoms with Gasteiger partial charge >= 0.3 is 6.01 Å². The molecule has 0 radical (unpaired) electrons. The monoisotopic (exact) mass is 459 g/mol. The standard InChI is InChI=1S/C25H22ClN5O2/c1-15(32)31-25(2,3)18-7-9-19(10-8-18)33-24-28-21-14-20(26)22(29-23(21)30-24)17-6-4-5-16(13-17)11-12-27/h4-10,13-14H,11H2,1-3H3,(H,31,32)(H,28,29,30). The average Bonchev–Trinajstić information content (AvgIpc) is 3.14. The van der Waals surface area contributed by atoms with Crippen LogP contribution in [0.25, 0.3) is 22.4 Å². The van der Waals surface area contributed by atoms with Crippen molar-refractivity contribution in [3.8, 4) is 29.1 Å². The minimum absolute atomic E-state index is 0.0927. The minimum Gasteiger partial charge on any atom is -0.426 e. The maximum absolute atomic E-state index is 11.4. The van der Waals surface area contributed by atoms with Crippen molar-refractivity contribution in [1.29, 1.82) is 5.26 Å². The van der Waals surface area contributed by atoms with E-state index in [0.717, 1.165) is 16.7 Å². The van der Waals surface area contributed by atoms with Crippen LogP contribution in [0.5, 0.6) is 11.8 Å². The minimum atomic E-state index is -0.495. The Morgan fingerprint density at radius 3 is 2.64 bits per heavy atom. The molecule has 2 aromatic carbocycles. The van der Waals surface area contributed by atoms with E-state index >= 15 is 0 Å². The second-order valence-electron chi connectivity index (χ2n) is 8.20. The normalized spacial score (nSPS) is 11.2. The van der Waals surface area contributed by atoms with E-state index in [4.69, 9.17) is 21.6 Å². The van der Waals surface area contributed by atoms with Crippen molar-refractivity contribution < 1.29 is 9.53 Å². The van der Waals surface area contributed by atoms with Gasteiger partial charge in [0.1, 0.15) is 5.75 Å². The largest absolute Gasteiger partial charge is 0.426 e. The van der Waals surface area contributed by atoms with Gasteiger partial charge in [-0.15, -0.1) is 0 Å². The van der Waals surface area contributed by atoms with Crippen molar-refractivity contribution >= 4 is 28.7 Å². The van der Waals surface area contributed by atoms with E-state index in [9.17, 15) is 4.79 Å². The number of benzene rings is 2. The van der Waals surface area contributed by atoms with Crippen molar-refractivity contribution in [3.63, 3.8) is 0 Å². The number of aromatic amines is 1. The Morgan fingerprint density at radius 2 is 1.94 bits per heavy atom. The zero-order valence-electron chi connectivity index (χ0n) is 18.4. The third-order valence-corrected chi connectivity index (χ3v) is 5.46. The number of amides is 1. The molecule has 0 aliphatic carbocycles. The van der Waals surface area contributed by atoms with Crippen LogP contribution in [-0.4, -0.2) is 20.9 Å². The number of nitriles is 1. The average molecular weight is 460 g/mol. The summed E-state index contributed by atoms with van der Waals surface area (Å²) in [7, 11) is 0. The van der Waals surface area contributed by atoms with Gasteiger partial charge in [0.15, 0.2) is 5.65 Å². The van der Waals surface area contributed by atoms with E-state index in [1.807, 2.05) is 62.4 Å². The number of halogens is 1. The number of hydrogen-bond acceptors (Lipinski definition) is 5. The molecule has 0 fully saturated rings. The summed E-state index contributed by atoms with van der Waals surface area (Å²) in [5, 5.41) is 12.3. The van der Waals surface area contributed by atoms with Crippen LogP contribution in [0.2, 0.25) is 5.02 Å². The van der Waals surface area contributed by atoms with Crippen LogP contribution in [0.4, 0.5) is 0 Å². The molecule has 0 bridgehead atoms. The molecule has 0 saturated heterocycles. The first-order valence-corrected chi connectivity index (χ1v) is 10.7. The number of fused-ring (bicyclic) bond motifs is 1. The first-order chi connectivity index (χ1) is 15.7. The number of nitrogens with zero attached hydrogens (tertiary/aromatic N) is 3. The van der Waals surface area contributed by atoms with E-state index in [-0.39, 0.29) is 11.9 Å². The molecule has 2 N–H and O–H groups in total. The highest BCUT2D eigenvalue weighted by molar-refractivity contribution is 6.33. The molecule has 2 aromatic heterocycles. The predicted octanol–water partition coefficient (Wildman–Crippen LogP) is 5.51. The highest BCUT2D eigenvalue weighted by atomic mass is 35.5. The van der Waals surface area contributed by atoms with Gasteiger partial charge in [0, 0.05) is 12.5 Å². The third kappa shape index (κ3) is 4.97. The number of carbonyl (C=O) groups is 1. The number of hydrogen-bond donors (Lipinski definition) is 2. The molecule has 166 valence electrons. The number of ether oxygens (including phenoxy) is 1. The molecule has 2 heterocycles. The lowest BCUT2D eigenvalue weighted by Crippen LogP contribution is -2.39. The Balaban J connectivity index is 1.58. The maximum atomic E-state index is 11.4. The third-order valence-electron chi connectivity index (χ3n) is 5.17. The molecule has 0 aliphatic rings. The molecular formula is C25H22ClN5O2. The number of aromatic nitrogens is 3. The van der Waals surface area contributed by atoms with Gasteiger partial charge in [-0.2, -0.15) is 10.2 Å². The van der Waals surface area contributed by atoms with Gasteiger partial charge in [-0.05, 0) is 49.2 Å². The summed E-state index contributed by atoms with van der Waals surface area (Å²) in [5.74, 6) is 0.497. The SMILES string of the molecule is CC(=O)NC(C)(C)c1ccc(Oc2nc3nc(-c4cccc(CC#N)c4)c(Cl)cc3[nH]2)cc1. The highest BCUT2D eigenvalue weighted by Gasteiger charge is 2.21. The quantitative estimate of drug-likeness (QED) is 0.395. The number of H-pyrrole nitrogens is 1. The molecule has 0 unspecified atom stereocenters. The highest BCUT2D eigenvalue weighted by Crippen LogP contribution is 2.31. The van der Waals surface area contributed by atoms with Crippen LogP contribution in [0.3, 0.4) is 0 Å². The number of carbonyl (C=O) groups excluding carboxylic acids is 1. The predicted molar refractivity (Wildman–Crippen MR) is 127 cm³/mol. The summed E-state index contributed by atoms with van der Waals surface area (Å²) in [4.78, 5) is 23.6. The van der Waals surface area contributed by atoms with Gasteiger partial charge < -0.3 is 15.0 Å². The molecule has 0 atom stereocenters. The fourth-order valence-corrected chi connectivity index (χ4v) is 3.89. The zero-order chi connectivity index (χ0) is 23.6. The summed E-state index contributed by atoms with van der Waals surface area (Å²) in [6.45, 7) is 5.37. The summed E-state index contributed by atoms with van der Waals surface area (Å²) >= 11 is 6.49. The topological polar surface area (TPSA) is 104 Å². The van der Waals surface area contributed by atoms with Gasteiger partial charge in [0.05, 0.1) is 34.3 Å². The Kier molecular flexibility index (Phi) is 6.03. The van der Waals surface area contributed by atoms with Crippen molar-refractivity contribution in [2.45, 2.75) is 32.7 Å². The number of imidazole rings is 1. The summed E-state index contributed by atoms with van der Waals surface area (Å²) in [6.07, 6.45) is 0.314. The lowest BCUT2D eigenvalue weighted by molar-refractivity contribution is -0.120. The lowest BCUT2D eigenvalue weighted by atomic mass is 9.94. The molecule has 0 aliphatic heterocycles. The Hall–Kier alpha value is -3.89. The van der Waals surface area contributed by atoms with E-state index in [0.29, 0.717) is 34.1 Å². The molecular weight excluding hydrogens is 438 g/mol. The van der Waals surface area contributed by atoms with Crippen LogP contribution in [0, 0.1) is 11.3 Å². The van der Waals surface area contributed by atoms with Gasteiger partial charge in [-0.3, -0.25) is 4.79 Å². The van der Waals surface area contributed by atoms with Crippen molar-refractivity contribution in [2.24, 2.45) is 0 Å². The van der Waals surface area contributed by atoms with Crippen molar-refractivity contribution in [2.75, 3.05) is 0 Å². The molecule has 4 aromatic rings. The van der Waals surface area contributed by atoms with E-state index in [2.05, 4.69) is 26.3 Å². The van der Waals surface area contributed by atoms with E-state index in [1.54, 1.807) is 6.07 Å². The van der Waals surface area contributed by atoms with Crippen LogP contribution in [0.1, 0.15) is 31.9 Å². The number of pyridine rings is 1. The van der Waals surface area contributed by atoms with Gasteiger partial charge in [-0.25, -0.2) is 4.98 Å². The first kappa shape index (κ1) is 22.3. The van der Waals surface area contributed by atoms with E-state index in [1.165, 1.54) is 6.92 Å². The molecule has 8 heteroatoms. The molecule has 4 rings (SSSR count). The van der Waals surface area contributed by atoms with Gasteiger partial charge in [0.25, 0.3) is 0 Å². The van der Waals surface area contributed by atoms with Crippen LogP contribution >= 0.6 is 11.6 Å².